The Morgan fingerprint density at radius 1 is 1.03 bits per heavy atom. The molecule has 3 nitrogen and oxygen atoms in total. The van der Waals surface area contributed by atoms with E-state index in [-0.39, 0.29) is 12.3 Å². The van der Waals surface area contributed by atoms with Crippen LogP contribution >= 0.6 is 23.2 Å². The summed E-state index contributed by atoms with van der Waals surface area (Å²) in [6, 6.07) is 12.8. The maximum absolute atomic E-state index is 13.6. The summed E-state index contributed by atoms with van der Waals surface area (Å²) in [5.74, 6) is -2.25. The monoisotopic (exact) mass is 509 g/mol. The minimum absolute atomic E-state index is 0.0628. The Balaban J connectivity index is 1.80. The second-order valence-corrected chi connectivity index (χ2v) is 8.71. The number of aryl methyl sites for hydroxylation is 1. The van der Waals surface area contributed by atoms with E-state index in [2.05, 4.69) is 18.3 Å². The van der Waals surface area contributed by atoms with Gasteiger partial charge >= 0.3 is 6.18 Å². The van der Waals surface area contributed by atoms with Gasteiger partial charge in [-0.1, -0.05) is 48.7 Å². The molecule has 0 unspecified atom stereocenters. The Morgan fingerprint density at radius 3 is 2.35 bits per heavy atom. The average Bonchev–Trinajstić information content (AvgIpc) is 3.24. The molecule has 34 heavy (non-hydrogen) atoms. The predicted molar refractivity (Wildman–Crippen MR) is 130 cm³/mol. The van der Waals surface area contributed by atoms with Crippen LogP contribution in [-0.2, 0) is 6.18 Å². The van der Waals surface area contributed by atoms with Crippen LogP contribution in [0.1, 0.15) is 53.4 Å². The van der Waals surface area contributed by atoms with Crippen LogP contribution in [0.4, 0.5) is 13.2 Å². The zero-order valence-corrected chi connectivity index (χ0v) is 20.2. The lowest BCUT2D eigenvalue weighted by Gasteiger charge is -2.13. The van der Waals surface area contributed by atoms with Crippen molar-refractivity contribution < 1.29 is 22.4 Å². The first-order chi connectivity index (χ1) is 16.1. The Morgan fingerprint density at radius 2 is 1.71 bits per heavy atom. The van der Waals surface area contributed by atoms with Crippen molar-refractivity contribution in [2.75, 3.05) is 6.54 Å². The summed E-state index contributed by atoms with van der Waals surface area (Å²) >= 11 is 12.0. The van der Waals surface area contributed by atoms with Crippen LogP contribution in [0, 0.1) is 6.92 Å². The number of hydrogen-bond donors (Lipinski definition) is 1. The van der Waals surface area contributed by atoms with Crippen molar-refractivity contribution in [3.63, 3.8) is 0 Å². The quantitative estimate of drug-likeness (QED) is 0.330. The molecule has 8 heteroatoms. The number of benzene rings is 2. The number of allylic oxidation sites excluding steroid dienone is 1. The van der Waals surface area contributed by atoms with E-state index in [9.17, 15) is 18.0 Å². The topological polar surface area (TPSA) is 42.2 Å². The molecule has 0 aliphatic carbocycles. The maximum Gasteiger partial charge on any atom is 0.450 e. The second kappa shape index (κ2) is 11.2. The molecule has 3 aromatic rings. The highest BCUT2D eigenvalue weighted by Gasteiger charge is 2.40. The fourth-order valence-electron chi connectivity index (χ4n) is 3.54. The number of rotatable bonds is 8. The smallest absolute Gasteiger partial charge is 0.450 e. The van der Waals surface area contributed by atoms with Gasteiger partial charge in [0, 0.05) is 22.2 Å². The van der Waals surface area contributed by atoms with Gasteiger partial charge in [0.2, 0.25) is 5.76 Å². The van der Waals surface area contributed by atoms with Gasteiger partial charge in [0.05, 0.1) is 5.56 Å². The third-order valence-electron chi connectivity index (χ3n) is 5.27. The minimum atomic E-state index is -4.82. The van der Waals surface area contributed by atoms with Crippen LogP contribution in [-0.4, -0.2) is 12.5 Å². The van der Waals surface area contributed by atoms with E-state index in [4.69, 9.17) is 27.6 Å². The summed E-state index contributed by atoms with van der Waals surface area (Å²) in [6.45, 7) is 4.17. The third-order valence-corrected chi connectivity index (χ3v) is 5.75. The molecular weight excluding hydrogens is 486 g/mol. The second-order valence-electron chi connectivity index (χ2n) is 7.84. The van der Waals surface area contributed by atoms with Gasteiger partial charge in [0.1, 0.15) is 5.76 Å². The van der Waals surface area contributed by atoms with E-state index in [0.29, 0.717) is 22.0 Å². The van der Waals surface area contributed by atoms with E-state index < -0.39 is 23.4 Å². The molecule has 1 amide bonds. The number of alkyl halides is 3. The van der Waals surface area contributed by atoms with Crippen LogP contribution in [0.3, 0.4) is 0 Å². The molecule has 1 N–H and O–H groups in total. The van der Waals surface area contributed by atoms with Gasteiger partial charge in [-0.25, -0.2) is 0 Å². The summed E-state index contributed by atoms with van der Waals surface area (Å²) in [5, 5.41) is 3.63. The lowest BCUT2D eigenvalue weighted by Crippen LogP contribution is -2.26. The zero-order chi connectivity index (χ0) is 24.9. The molecular formula is C26H24Cl2F3NO2. The summed E-state index contributed by atoms with van der Waals surface area (Å²) in [7, 11) is 0. The summed E-state index contributed by atoms with van der Waals surface area (Å²) in [5.41, 5.74) is 2.79. The molecule has 2 aromatic carbocycles. The van der Waals surface area contributed by atoms with Crippen molar-refractivity contribution in [1.82, 2.24) is 5.32 Å². The standard InChI is InChI=1S/C26H24Cl2F3NO2/c1-3-4-5-17(21-14-20(28)9-6-16(21)2)12-13-32-25(33)22-15-23(34-24(22)26(29,30)31)18-7-10-19(27)11-8-18/h5-11,14-15H,3-4,12-13H2,1-2H3,(H,32,33)/b17-5-. The molecule has 0 saturated carbocycles. The molecule has 0 saturated heterocycles. The first kappa shape index (κ1) is 25.9. The van der Waals surface area contributed by atoms with Gasteiger partial charge < -0.3 is 9.73 Å². The highest BCUT2D eigenvalue weighted by molar-refractivity contribution is 6.31. The van der Waals surface area contributed by atoms with Gasteiger partial charge in [0.25, 0.3) is 5.91 Å². The summed E-state index contributed by atoms with van der Waals surface area (Å²) in [6.07, 6.45) is -0.535. The zero-order valence-electron chi connectivity index (χ0n) is 18.7. The number of amides is 1. The third kappa shape index (κ3) is 6.45. The fourth-order valence-corrected chi connectivity index (χ4v) is 3.84. The van der Waals surface area contributed by atoms with Crippen LogP contribution in [0.25, 0.3) is 16.9 Å². The SMILES string of the molecule is CCC/C=C(/CCNC(=O)c1cc(-c2ccc(Cl)cc2)oc1C(F)(F)F)c1cc(Cl)ccc1C. The molecule has 0 bridgehead atoms. The maximum atomic E-state index is 13.6. The molecule has 180 valence electrons. The first-order valence-corrected chi connectivity index (χ1v) is 11.6. The summed E-state index contributed by atoms with van der Waals surface area (Å²) < 4.78 is 45.8. The lowest BCUT2D eigenvalue weighted by molar-refractivity contribution is -0.153. The molecule has 0 radical (unpaired) electrons. The number of furan rings is 1. The van der Waals surface area contributed by atoms with Crippen molar-refractivity contribution >= 4 is 34.7 Å². The van der Waals surface area contributed by atoms with Gasteiger partial charge in [0.15, 0.2) is 0 Å². The Kier molecular flexibility index (Phi) is 8.50. The number of hydrogen-bond acceptors (Lipinski definition) is 2. The van der Waals surface area contributed by atoms with Crippen molar-refractivity contribution in [3.05, 3.63) is 87.1 Å². The molecule has 3 rings (SSSR count). The predicted octanol–water partition coefficient (Wildman–Crippen LogP) is 8.58. The van der Waals surface area contributed by atoms with E-state index in [1.807, 2.05) is 19.1 Å². The van der Waals surface area contributed by atoms with E-state index in [0.717, 1.165) is 35.6 Å². The number of halogens is 5. The largest absolute Gasteiger partial charge is 0.451 e. The van der Waals surface area contributed by atoms with Gasteiger partial charge in [-0.3, -0.25) is 4.79 Å². The molecule has 0 atom stereocenters. The highest BCUT2D eigenvalue weighted by atomic mass is 35.5. The normalized spacial score (nSPS) is 12.1. The number of carbonyl (C=O) groups is 1. The molecule has 0 fully saturated rings. The van der Waals surface area contributed by atoms with Crippen LogP contribution in [0.5, 0.6) is 0 Å². The lowest BCUT2D eigenvalue weighted by atomic mass is 9.96. The first-order valence-electron chi connectivity index (χ1n) is 10.8. The van der Waals surface area contributed by atoms with Crippen molar-refractivity contribution in [2.24, 2.45) is 0 Å². The molecule has 0 aliphatic rings. The Bertz CT molecular complexity index is 1180. The van der Waals surface area contributed by atoms with Crippen molar-refractivity contribution in [2.45, 2.75) is 39.3 Å². The van der Waals surface area contributed by atoms with E-state index >= 15 is 0 Å². The van der Waals surface area contributed by atoms with Gasteiger partial charge in [-0.05, 0) is 78.9 Å². The minimum Gasteiger partial charge on any atom is -0.451 e. The number of nitrogens with one attached hydrogen (secondary N) is 1. The van der Waals surface area contributed by atoms with E-state index in [1.165, 1.54) is 24.3 Å². The highest BCUT2D eigenvalue weighted by Crippen LogP contribution is 2.37. The van der Waals surface area contributed by atoms with Gasteiger partial charge in [-0.2, -0.15) is 13.2 Å². The van der Waals surface area contributed by atoms with Crippen LogP contribution in [0.15, 0.2) is 59.0 Å². The number of carbonyl (C=O) groups excluding carboxylic acids is 1. The fraction of sp³-hybridized carbons (Fsp3) is 0.269. The van der Waals surface area contributed by atoms with Crippen LogP contribution < -0.4 is 5.32 Å². The van der Waals surface area contributed by atoms with Crippen molar-refractivity contribution in [1.29, 1.82) is 0 Å². The Labute approximate surface area is 206 Å². The molecule has 0 spiro atoms. The van der Waals surface area contributed by atoms with Crippen molar-refractivity contribution in [3.8, 4) is 11.3 Å². The molecule has 1 aromatic heterocycles. The van der Waals surface area contributed by atoms with Gasteiger partial charge in [-0.15, -0.1) is 0 Å². The number of unbranched alkanes of at least 4 members (excludes halogenated alkanes) is 1. The average molecular weight is 510 g/mol. The van der Waals surface area contributed by atoms with Crippen LogP contribution in [0.2, 0.25) is 10.0 Å². The van der Waals surface area contributed by atoms with E-state index in [1.54, 1.807) is 6.07 Å². The Hall–Kier alpha value is -2.70. The summed E-state index contributed by atoms with van der Waals surface area (Å²) in [4.78, 5) is 12.7. The molecule has 0 aliphatic heterocycles. The molecule has 1 heterocycles.